The number of benzene rings is 2. The van der Waals surface area contributed by atoms with Crippen molar-refractivity contribution in [1.29, 1.82) is 0 Å². The molecule has 0 aliphatic carbocycles. The zero-order chi connectivity index (χ0) is 14.7. The van der Waals surface area contributed by atoms with Crippen LogP contribution in [0.5, 0.6) is 0 Å². The van der Waals surface area contributed by atoms with Gasteiger partial charge >= 0.3 is 5.97 Å². The summed E-state index contributed by atoms with van der Waals surface area (Å²) in [5.41, 5.74) is 6.84. The number of fused-ring (bicyclic) bond motifs is 1. The molecule has 0 unspecified atom stereocenters. The molecule has 2 N–H and O–H groups in total. The Hall–Kier alpha value is -2.33. The van der Waals surface area contributed by atoms with Crippen LogP contribution in [-0.2, 0) is 11.2 Å². The summed E-state index contributed by atoms with van der Waals surface area (Å²) in [4.78, 5) is 13.3. The lowest BCUT2D eigenvalue weighted by atomic mass is 10.1. The summed E-state index contributed by atoms with van der Waals surface area (Å²) in [6.07, 6.45) is 0.733. The van der Waals surface area contributed by atoms with Gasteiger partial charge in [0.15, 0.2) is 0 Å². The third-order valence-electron chi connectivity index (χ3n) is 3.30. The first-order valence-corrected chi connectivity index (χ1v) is 7.60. The van der Waals surface area contributed by atoms with Crippen LogP contribution in [0.4, 0.5) is 5.69 Å². The molecule has 4 heteroatoms. The molecule has 21 heavy (non-hydrogen) atoms. The van der Waals surface area contributed by atoms with Gasteiger partial charge in [0.05, 0.1) is 12.2 Å². The van der Waals surface area contributed by atoms with Crippen LogP contribution in [0.25, 0.3) is 10.8 Å². The number of rotatable bonds is 4. The van der Waals surface area contributed by atoms with Crippen molar-refractivity contribution in [3.8, 4) is 0 Å². The van der Waals surface area contributed by atoms with E-state index in [4.69, 9.17) is 10.5 Å². The van der Waals surface area contributed by atoms with Crippen LogP contribution in [0.3, 0.4) is 0 Å². The number of ether oxygens (including phenoxy) is 1. The minimum Gasteiger partial charge on any atom is -0.462 e. The number of nitrogens with two attached hydrogens (primary N) is 1. The van der Waals surface area contributed by atoms with Crippen molar-refractivity contribution in [2.75, 3.05) is 12.3 Å². The molecule has 3 aromatic rings. The number of anilines is 1. The number of hydrogen-bond donors (Lipinski definition) is 1. The number of hydrogen-bond acceptors (Lipinski definition) is 4. The van der Waals surface area contributed by atoms with E-state index < -0.39 is 0 Å². The van der Waals surface area contributed by atoms with E-state index in [-0.39, 0.29) is 5.97 Å². The van der Waals surface area contributed by atoms with Crippen molar-refractivity contribution >= 4 is 33.8 Å². The average molecular weight is 297 g/mol. The quantitative estimate of drug-likeness (QED) is 0.587. The van der Waals surface area contributed by atoms with Crippen LogP contribution in [0, 0.1) is 0 Å². The molecule has 3 rings (SSSR count). The number of carbonyl (C=O) groups is 1. The molecule has 0 bridgehead atoms. The van der Waals surface area contributed by atoms with Gasteiger partial charge in [-0.2, -0.15) is 0 Å². The summed E-state index contributed by atoms with van der Waals surface area (Å²) in [6.45, 7) is 0.367. The molecule has 106 valence electrons. The fraction of sp³-hybridized carbons (Fsp3) is 0.118. The molecule has 0 fully saturated rings. The molecule has 0 atom stereocenters. The zero-order valence-corrected chi connectivity index (χ0v) is 12.2. The Bertz CT molecular complexity index is 766. The van der Waals surface area contributed by atoms with Gasteiger partial charge < -0.3 is 10.5 Å². The van der Waals surface area contributed by atoms with Crippen molar-refractivity contribution in [2.45, 2.75) is 6.42 Å². The van der Waals surface area contributed by atoms with Crippen molar-refractivity contribution < 1.29 is 9.53 Å². The molecular formula is C17H15NO2S. The second kappa shape index (κ2) is 5.97. The van der Waals surface area contributed by atoms with Crippen LogP contribution in [0.1, 0.15) is 15.2 Å². The van der Waals surface area contributed by atoms with E-state index in [1.54, 1.807) is 17.4 Å². The summed E-state index contributed by atoms with van der Waals surface area (Å²) in [5, 5.41) is 4.01. The highest BCUT2D eigenvalue weighted by molar-refractivity contribution is 7.09. The van der Waals surface area contributed by atoms with E-state index >= 15 is 0 Å². The van der Waals surface area contributed by atoms with Gasteiger partial charge in [-0.1, -0.05) is 30.3 Å². The van der Waals surface area contributed by atoms with Gasteiger partial charge in [0.2, 0.25) is 0 Å². The third-order valence-corrected chi connectivity index (χ3v) is 4.24. The Labute approximate surface area is 127 Å². The highest BCUT2D eigenvalue weighted by atomic mass is 32.1. The standard InChI is InChI=1S/C17H15NO2S/c18-16-11-13-5-2-1-4-12(13)10-15(16)17(19)20-8-7-14-6-3-9-21-14/h1-6,9-11H,7-8,18H2. The fourth-order valence-electron chi connectivity index (χ4n) is 2.21. The maximum Gasteiger partial charge on any atom is 0.340 e. The summed E-state index contributed by atoms with van der Waals surface area (Å²) in [5.74, 6) is -0.366. The van der Waals surface area contributed by atoms with Gasteiger partial charge in [0.1, 0.15) is 0 Å². The molecule has 0 saturated carbocycles. The van der Waals surface area contributed by atoms with Crippen molar-refractivity contribution in [3.63, 3.8) is 0 Å². The molecule has 0 radical (unpaired) electrons. The van der Waals surface area contributed by atoms with Crippen molar-refractivity contribution in [1.82, 2.24) is 0 Å². The molecule has 1 heterocycles. The third kappa shape index (κ3) is 3.06. The minimum atomic E-state index is -0.366. The topological polar surface area (TPSA) is 52.3 Å². The van der Waals surface area contributed by atoms with Gasteiger partial charge in [-0.15, -0.1) is 11.3 Å². The SMILES string of the molecule is Nc1cc2ccccc2cc1C(=O)OCCc1cccs1. The highest BCUT2D eigenvalue weighted by Gasteiger charge is 2.12. The first-order chi connectivity index (χ1) is 10.2. The normalized spacial score (nSPS) is 10.7. The van der Waals surface area contributed by atoms with E-state index in [1.807, 2.05) is 47.8 Å². The number of thiophene rings is 1. The molecule has 3 nitrogen and oxygen atoms in total. The number of carbonyl (C=O) groups excluding carboxylic acids is 1. The van der Waals surface area contributed by atoms with E-state index in [9.17, 15) is 4.79 Å². The predicted octanol–water partition coefficient (Wildman–Crippen LogP) is 3.88. The van der Waals surface area contributed by atoms with Crippen LogP contribution >= 0.6 is 11.3 Å². The van der Waals surface area contributed by atoms with Crippen molar-refractivity contribution in [3.05, 3.63) is 64.4 Å². The summed E-state index contributed by atoms with van der Waals surface area (Å²) < 4.78 is 5.32. The molecule has 0 aliphatic heterocycles. The number of esters is 1. The highest BCUT2D eigenvalue weighted by Crippen LogP contribution is 2.22. The van der Waals surface area contributed by atoms with Gasteiger partial charge in [0, 0.05) is 17.0 Å². The Morgan fingerprint density at radius 1 is 1.10 bits per heavy atom. The van der Waals surface area contributed by atoms with Crippen LogP contribution in [0.15, 0.2) is 53.9 Å². The van der Waals surface area contributed by atoms with Crippen LogP contribution < -0.4 is 5.73 Å². The second-order valence-corrected chi connectivity index (χ2v) is 5.78. The summed E-state index contributed by atoms with van der Waals surface area (Å²) >= 11 is 1.66. The lowest BCUT2D eigenvalue weighted by molar-refractivity contribution is 0.0511. The molecule has 2 aromatic carbocycles. The van der Waals surface area contributed by atoms with Gasteiger partial charge in [-0.3, -0.25) is 0 Å². The van der Waals surface area contributed by atoms with E-state index in [0.717, 1.165) is 17.2 Å². The predicted molar refractivity (Wildman–Crippen MR) is 86.7 cm³/mol. The molecule has 1 aromatic heterocycles. The monoisotopic (exact) mass is 297 g/mol. The Morgan fingerprint density at radius 3 is 2.57 bits per heavy atom. The number of nitrogen functional groups attached to an aromatic ring is 1. The smallest absolute Gasteiger partial charge is 0.340 e. The summed E-state index contributed by atoms with van der Waals surface area (Å²) in [7, 11) is 0. The molecular weight excluding hydrogens is 282 g/mol. The van der Waals surface area contributed by atoms with Gasteiger partial charge in [-0.05, 0) is 34.4 Å². The molecule has 0 spiro atoms. The van der Waals surface area contributed by atoms with Gasteiger partial charge in [0.25, 0.3) is 0 Å². The second-order valence-electron chi connectivity index (χ2n) is 4.75. The van der Waals surface area contributed by atoms with Crippen LogP contribution in [-0.4, -0.2) is 12.6 Å². The van der Waals surface area contributed by atoms with Crippen molar-refractivity contribution in [2.24, 2.45) is 0 Å². The Morgan fingerprint density at radius 2 is 1.86 bits per heavy atom. The fourth-order valence-corrected chi connectivity index (χ4v) is 2.90. The Balaban J connectivity index is 1.73. The van der Waals surface area contributed by atoms with Gasteiger partial charge in [-0.25, -0.2) is 4.79 Å². The molecule has 0 amide bonds. The average Bonchev–Trinajstić information content (AvgIpc) is 2.99. The lowest BCUT2D eigenvalue weighted by Crippen LogP contribution is -2.10. The molecule has 0 saturated heterocycles. The van der Waals surface area contributed by atoms with E-state index in [0.29, 0.717) is 17.9 Å². The Kier molecular flexibility index (Phi) is 3.88. The van der Waals surface area contributed by atoms with Crippen LogP contribution in [0.2, 0.25) is 0 Å². The van der Waals surface area contributed by atoms with E-state index in [2.05, 4.69) is 0 Å². The maximum atomic E-state index is 12.1. The summed E-state index contributed by atoms with van der Waals surface area (Å²) in [6, 6.07) is 15.4. The van der Waals surface area contributed by atoms with E-state index in [1.165, 1.54) is 4.88 Å². The minimum absolute atomic E-state index is 0.366. The largest absolute Gasteiger partial charge is 0.462 e. The lowest BCUT2D eigenvalue weighted by Gasteiger charge is -2.08. The zero-order valence-electron chi connectivity index (χ0n) is 11.4. The molecule has 0 aliphatic rings. The first-order valence-electron chi connectivity index (χ1n) is 6.72. The maximum absolute atomic E-state index is 12.1. The first kappa shape index (κ1) is 13.6.